The van der Waals surface area contributed by atoms with Crippen LogP contribution < -0.4 is 11.1 Å². The van der Waals surface area contributed by atoms with Crippen molar-refractivity contribution in [3.63, 3.8) is 0 Å². The molecule has 1 unspecified atom stereocenters. The van der Waals surface area contributed by atoms with E-state index in [1.54, 1.807) is 11.9 Å². The van der Waals surface area contributed by atoms with Gasteiger partial charge in [0.2, 0.25) is 11.8 Å². The standard InChI is InChI=1S/C12H21N3O2/c1-14-11(17)9-4-2-7-15(9)10(16)8-12(13)5-3-6-12/h9H,2-8,13H2,1H3,(H,14,17). The zero-order chi connectivity index (χ0) is 12.5. The summed E-state index contributed by atoms with van der Waals surface area (Å²) in [5.74, 6) is -0.0196. The van der Waals surface area contributed by atoms with Gasteiger partial charge in [0.15, 0.2) is 0 Å². The van der Waals surface area contributed by atoms with Crippen LogP contribution in [0.25, 0.3) is 0 Å². The third-order valence-corrected chi connectivity index (χ3v) is 3.97. The minimum absolute atomic E-state index is 0.0401. The fourth-order valence-corrected chi connectivity index (χ4v) is 2.71. The second-order valence-corrected chi connectivity index (χ2v) is 5.25. The number of nitrogens with zero attached hydrogens (tertiary/aromatic N) is 1. The number of carbonyl (C=O) groups is 2. The summed E-state index contributed by atoms with van der Waals surface area (Å²) < 4.78 is 0. The molecule has 5 nitrogen and oxygen atoms in total. The number of hydrogen-bond acceptors (Lipinski definition) is 3. The maximum atomic E-state index is 12.2. The molecule has 1 atom stereocenters. The molecule has 1 saturated heterocycles. The largest absolute Gasteiger partial charge is 0.357 e. The van der Waals surface area contributed by atoms with Gasteiger partial charge in [0, 0.05) is 25.6 Å². The van der Waals surface area contributed by atoms with Crippen LogP contribution >= 0.6 is 0 Å². The third kappa shape index (κ3) is 2.44. The Bertz CT molecular complexity index is 326. The minimum atomic E-state index is -0.299. The van der Waals surface area contributed by atoms with Crippen molar-refractivity contribution in [3.05, 3.63) is 0 Å². The Hall–Kier alpha value is -1.10. The van der Waals surface area contributed by atoms with Crippen molar-refractivity contribution < 1.29 is 9.59 Å². The van der Waals surface area contributed by atoms with E-state index in [0.29, 0.717) is 13.0 Å². The molecule has 17 heavy (non-hydrogen) atoms. The lowest BCUT2D eigenvalue weighted by Crippen LogP contribution is -2.52. The quantitative estimate of drug-likeness (QED) is 0.727. The van der Waals surface area contributed by atoms with E-state index in [1.165, 1.54) is 0 Å². The van der Waals surface area contributed by atoms with Crippen molar-refractivity contribution in [2.24, 2.45) is 5.73 Å². The van der Waals surface area contributed by atoms with Gasteiger partial charge in [-0.1, -0.05) is 0 Å². The second-order valence-electron chi connectivity index (χ2n) is 5.25. The Morgan fingerprint density at radius 3 is 2.65 bits per heavy atom. The lowest BCUT2D eigenvalue weighted by molar-refractivity contribution is -0.139. The van der Waals surface area contributed by atoms with E-state index in [1.807, 2.05) is 0 Å². The highest BCUT2D eigenvalue weighted by molar-refractivity contribution is 5.88. The van der Waals surface area contributed by atoms with Gasteiger partial charge >= 0.3 is 0 Å². The number of hydrogen-bond donors (Lipinski definition) is 2. The first-order chi connectivity index (χ1) is 8.06. The molecule has 2 aliphatic rings. The molecule has 96 valence electrons. The molecule has 2 rings (SSSR count). The van der Waals surface area contributed by atoms with Gasteiger partial charge in [-0.05, 0) is 32.1 Å². The number of nitrogens with two attached hydrogens (primary N) is 1. The van der Waals surface area contributed by atoms with E-state index in [0.717, 1.165) is 32.1 Å². The van der Waals surface area contributed by atoms with Crippen molar-refractivity contribution >= 4 is 11.8 Å². The van der Waals surface area contributed by atoms with Gasteiger partial charge < -0.3 is 16.0 Å². The van der Waals surface area contributed by atoms with Gasteiger partial charge in [-0.15, -0.1) is 0 Å². The molecule has 1 saturated carbocycles. The number of carbonyl (C=O) groups excluding carboxylic acids is 2. The summed E-state index contributed by atoms with van der Waals surface area (Å²) in [4.78, 5) is 25.5. The lowest BCUT2D eigenvalue weighted by Gasteiger charge is -2.39. The summed E-state index contributed by atoms with van der Waals surface area (Å²) in [6.45, 7) is 0.688. The molecule has 5 heteroatoms. The highest BCUT2D eigenvalue weighted by Gasteiger charge is 2.39. The smallest absolute Gasteiger partial charge is 0.242 e. The summed E-state index contributed by atoms with van der Waals surface area (Å²) in [5.41, 5.74) is 5.78. The summed E-state index contributed by atoms with van der Waals surface area (Å²) in [5, 5.41) is 2.62. The van der Waals surface area contributed by atoms with E-state index < -0.39 is 0 Å². The molecule has 3 N–H and O–H groups in total. The first-order valence-corrected chi connectivity index (χ1v) is 6.36. The Morgan fingerprint density at radius 1 is 1.41 bits per heavy atom. The van der Waals surface area contributed by atoms with Gasteiger partial charge in [0.1, 0.15) is 6.04 Å². The van der Waals surface area contributed by atoms with Crippen LogP contribution in [0.15, 0.2) is 0 Å². The topological polar surface area (TPSA) is 75.4 Å². The van der Waals surface area contributed by atoms with Crippen LogP contribution in [0.5, 0.6) is 0 Å². The molecule has 2 amide bonds. The van der Waals surface area contributed by atoms with Crippen LogP contribution in [0.4, 0.5) is 0 Å². The fraction of sp³-hybridized carbons (Fsp3) is 0.833. The highest BCUT2D eigenvalue weighted by atomic mass is 16.2. The van der Waals surface area contributed by atoms with Gasteiger partial charge in [-0.3, -0.25) is 9.59 Å². The Kier molecular flexibility index (Phi) is 3.38. The van der Waals surface area contributed by atoms with Crippen LogP contribution in [0, 0.1) is 0 Å². The number of amides is 2. The zero-order valence-corrected chi connectivity index (χ0v) is 10.4. The van der Waals surface area contributed by atoms with E-state index in [4.69, 9.17) is 5.73 Å². The first kappa shape index (κ1) is 12.4. The molecule has 2 fully saturated rings. The minimum Gasteiger partial charge on any atom is -0.357 e. The fourth-order valence-electron chi connectivity index (χ4n) is 2.71. The summed E-state index contributed by atoms with van der Waals surface area (Å²) >= 11 is 0. The maximum absolute atomic E-state index is 12.2. The number of likely N-dealkylation sites (N-methyl/N-ethyl adjacent to an activating group) is 1. The Labute approximate surface area is 102 Å². The molecule has 1 aliphatic carbocycles. The first-order valence-electron chi connectivity index (χ1n) is 6.36. The van der Waals surface area contributed by atoms with Crippen molar-refractivity contribution in [2.45, 2.75) is 50.1 Å². The van der Waals surface area contributed by atoms with Crippen molar-refractivity contribution in [2.75, 3.05) is 13.6 Å². The average Bonchev–Trinajstić information content (AvgIpc) is 2.74. The van der Waals surface area contributed by atoms with Gasteiger partial charge in [-0.25, -0.2) is 0 Å². The number of likely N-dealkylation sites (tertiary alicyclic amines) is 1. The summed E-state index contributed by atoms with van der Waals surface area (Å²) in [6, 6.07) is -0.281. The normalized spacial score (nSPS) is 26.5. The number of rotatable bonds is 3. The van der Waals surface area contributed by atoms with Crippen LogP contribution in [0.3, 0.4) is 0 Å². The third-order valence-electron chi connectivity index (χ3n) is 3.97. The maximum Gasteiger partial charge on any atom is 0.242 e. The Balaban J connectivity index is 1.96. The van der Waals surface area contributed by atoms with Crippen LogP contribution in [0.1, 0.15) is 38.5 Å². The van der Waals surface area contributed by atoms with E-state index in [-0.39, 0.29) is 23.4 Å². The molecule has 0 spiro atoms. The number of nitrogens with one attached hydrogen (secondary N) is 1. The molecule has 0 aromatic carbocycles. The predicted molar refractivity (Wildman–Crippen MR) is 64.2 cm³/mol. The van der Waals surface area contributed by atoms with Crippen LogP contribution in [-0.4, -0.2) is 41.9 Å². The van der Waals surface area contributed by atoms with Crippen molar-refractivity contribution in [3.8, 4) is 0 Å². The molecule has 1 aliphatic heterocycles. The summed E-state index contributed by atoms with van der Waals surface area (Å²) in [6.07, 6.45) is 5.03. The summed E-state index contributed by atoms with van der Waals surface area (Å²) in [7, 11) is 1.61. The molecule has 1 heterocycles. The van der Waals surface area contributed by atoms with Crippen molar-refractivity contribution in [1.82, 2.24) is 10.2 Å². The van der Waals surface area contributed by atoms with Gasteiger partial charge in [0.05, 0.1) is 0 Å². The zero-order valence-electron chi connectivity index (χ0n) is 10.4. The van der Waals surface area contributed by atoms with Crippen LogP contribution in [-0.2, 0) is 9.59 Å². The highest BCUT2D eigenvalue weighted by Crippen LogP contribution is 2.33. The molecule has 0 aromatic rings. The monoisotopic (exact) mass is 239 g/mol. The average molecular weight is 239 g/mol. The van der Waals surface area contributed by atoms with Crippen LogP contribution in [0.2, 0.25) is 0 Å². The lowest BCUT2D eigenvalue weighted by atomic mass is 9.75. The molecule has 0 aromatic heterocycles. The Morgan fingerprint density at radius 2 is 2.12 bits per heavy atom. The second kappa shape index (κ2) is 4.64. The molecular formula is C12H21N3O2. The molecule has 0 radical (unpaired) electrons. The van der Waals surface area contributed by atoms with E-state index in [9.17, 15) is 9.59 Å². The predicted octanol–water partition coefficient (Wildman–Crippen LogP) is -0.00510. The SMILES string of the molecule is CNC(=O)C1CCCN1C(=O)CC1(N)CCC1. The van der Waals surface area contributed by atoms with Crippen molar-refractivity contribution in [1.29, 1.82) is 0 Å². The van der Waals surface area contributed by atoms with Gasteiger partial charge in [-0.2, -0.15) is 0 Å². The molecule has 0 bridgehead atoms. The van der Waals surface area contributed by atoms with E-state index in [2.05, 4.69) is 5.32 Å². The molecular weight excluding hydrogens is 218 g/mol. The van der Waals surface area contributed by atoms with Gasteiger partial charge in [0.25, 0.3) is 0 Å². The van der Waals surface area contributed by atoms with E-state index >= 15 is 0 Å².